The number of likely N-dealkylation sites (N-methyl/N-ethyl adjacent to an activating group) is 2. The van der Waals surface area contributed by atoms with Gasteiger partial charge in [0.15, 0.2) is 0 Å². The predicted molar refractivity (Wildman–Crippen MR) is 163 cm³/mol. The summed E-state index contributed by atoms with van der Waals surface area (Å²) in [6.07, 6.45) is 0.921. The lowest BCUT2D eigenvalue weighted by Crippen LogP contribution is -2.55. The van der Waals surface area contributed by atoms with E-state index in [1.807, 2.05) is 66.7 Å². The lowest BCUT2D eigenvalue weighted by Gasteiger charge is -2.32. The average Bonchev–Trinajstić information content (AvgIpc) is 3.34. The highest BCUT2D eigenvalue weighted by Gasteiger charge is 2.34. The molecule has 0 fully saturated rings. The van der Waals surface area contributed by atoms with Crippen molar-refractivity contribution in [1.82, 2.24) is 15.1 Å². The van der Waals surface area contributed by atoms with Gasteiger partial charge in [0.1, 0.15) is 31.8 Å². The molecule has 3 aromatic rings. The summed E-state index contributed by atoms with van der Waals surface area (Å²) in [5.74, 6) is -1.63. The van der Waals surface area contributed by atoms with Crippen LogP contribution in [0.3, 0.4) is 0 Å². The van der Waals surface area contributed by atoms with Crippen molar-refractivity contribution < 1.29 is 28.7 Å². The van der Waals surface area contributed by atoms with E-state index in [9.17, 15) is 19.2 Å². The summed E-state index contributed by atoms with van der Waals surface area (Å²) in [6.45, 7) is 4.91. The monoisotopic (exact) mass is 583 g/mol. The first-order valence-electron chi connectivity index (χ1n) is 14.1. The van der Waals surface area contributed by atoms with Gasteiger partial charge in [0.05, 0.1) is 0 Å². The molecule has 1 aliphatic rings. The number of benzene rings is 3. The van der Waals surface area contributed by atoms with E-state index in [0.29, 0.717) is 0 Å². The smallest absolute Gasteiger partial charge is 0.407 e. The number of carbonyl (C=O) groups excluding carboxylic acids is 4. The number of fused-ring (bicyclic) bond motifs is 3. The van der Waals surface area contributed by atoms with Crippen LogP contribution in [-0.4, -0.2) is 79.6 Å². The van der Waals surface area contributed by atoms with Gasteiger partial charge >= 0.3 is 12.1 Å². The summed E-state index contributed by atoms with van der Waals surface area (Å²) in [4.78, 5) is 54.4. The topological polar surface area (TPSA) is 105 Å². The van der Waals surface area contributed by atoms with E-state index in [0.717, 1.165) is 27.8 Å². The second kappa shape index (κ2) is 14.3. The maximum absolute atomic E-state index is 13.5. The standard InChI is InChI=1S/C34H37N3O6/c1-5-19-42-31(38)21-36(3)33(40)30(20-24-13-7-6-8-14-24)37(4)32(39)23(2)35-34(41)43-22-29-27-17-11-9-15-25(27)26-16-10-12-18-28(26)29/h5-18,23,29-30H,1,19-22H2,2-4H3,(H,35,41)/t23-,30+/m0/s1. The minimum Gasteiger partial charge on any atom is -0.460 e. The number of carbonyl (C=O) groups is 4. The summed E-state index contributed by atoms with van der Waals surface area (Å²) in [5, 5.41) is 2.61. The van der Waals surface area contributed by atoms with Crippen LogP contribution in [0.2, 0.25) is 0 Å². The lowest BCUT2D eigenvalue weighted by molar-refractivity contribution is -0.151. The van der Waals surface area contributed by atoms with Gasteiger partial charge in [0.25, 0.3) is 0 Å². The molecule has 43 heavy (non-hydrogen) atoms. The Kier molecular flexibility index (Phi) is 10.3. The number of rotatable bonds is 12. The molecule has 3 amide bonds. The Labute approximate surface area is 252 Å². The molecule has 0 heterocycles. The Balaban J connectivity index is 1.40. The van der Waals surface area contributed by atoms with Crippen LogP contribution >= 0.6 is 0 Å². The second-order valence-corrected chi connectivity index (χ2v) is 10.5. The Morgan fingerprint density at radius 3 is 2.05 bits per heavy atom. The Bertz CT molecular complexity index is 1430. The van der Waals surface area contributed by atoms with Gasteiger partial charge in [-0.1, -0.05) is 91.5 Å². The molecule has 2 atom stereocenters. The Morgan fingerprint density at radius 1 is 0.860 bits per heavy atom. The number of nitrogens with zero attached hydrogens (tertiary/aromatic N) is 2. The van der Waals surface area contributed by atoms with Crippen molar-refractivity contribution >= 4 is 23.9 Å². The van der Waals surface area contributed by atoms with Gasteiger partial charge < -0.3 is 24.6 Å². The molecule has 1 aliphatic carbocycles. The third kappa shape index (κ3) is 7.48. The maximum Gasteiger partial charge on any atom is 0.407 e. The Morgan fingerprint density at radius 2 is 1.44 bits per heavy atom. The summed E-state index contributed by atoms with van der Waals surface area (Å²) in [6, 6.07) is 23.4. The first kappa shape index (κ1) is 31.0. The quantitative estimate of drug-likeness (QED) is 0.254. The number of amides is 3. The maximum atomic E-state index is 13.5. The fourth-order valence-corrected chi connectivity index (χ4v) is 5.29. The van der Waals surface area contributed by atoms with Gasteiger partial charge in [-0.2, -0.15) is 0 Å². The van der Waals surface area contributed by atoms with Crippen LogP contribution in [0.25, 0.3) is 11.1 Å². The molecule has 224 valence electrons. The molecule has 9 nitrogen and oxygen atoms in total. The average molecular weight is 584 g/mol. The summed E-state index contributed by atoms with van der Waals surface area (Å²) in [7, 11) is 2.99. The fourth-order valence-electron chi connectivity index (χ4n) is 5.29. The number of ether oxygens (including phenoxy) is 2. The van der Waals surface area contributed by atoms with E-state index in [2.05, 4.69) is 24.0 Å². The largest absolute Gasteiger partial charge is 0.460 e. The molecule has 0 aromatic heterocycles. The molecule has 1 N–H and O–H groups in total. The van der Waals surface area contributed by atoms with E-state index in [4.69, 9.17) is 9.47 Å². The number of alkyl carbamates (subject to hydrolysis) is 1. The van der Waals surface area contributed by atoms with Gasteiger partial charge in [0.2, 0.25) is 11.8 Å². The van der Waals surface area contributed by atoms with Crippen LogP contribution < -0.4 is 5.32 Å². The highest BCUT2D eigenvalue weighted by atomic mass is 16.5. The fraction of sp³-hybridized carbons (Fsp3) is 0.294. The molecular weight excluding hydrogens is 546 g/mol. The third-order valence-corrected chi connectivity index (χ3v) is 7.53. The van der Waals surface area contributed by atoms with Gasteiger partial charge in [0, 0.05) is 26.4 Å². The molecule has 0 saturated heterocycles. The first-order valence-corrected chi connectivity index (χ1v) is 14.1. The van der Waals surface area contributed by atoms with Crippen molar-refractivity contribution in [3.05, 3.63) is 108 Å². The normalized spacial score (nSPS) is 13.1. The summed E-state index contributed by atoms with van der Waals surface area (Å²) >= 11 is 0. The highest BCUT2D eigenvalue weighted by molar-refractivity contribution is 5.92. The van der Waals surface area contributed by atoms with E-state index in [1.165, 1.54) is 30.0 Å². The van der Waals surface area contributed by atoms with Crippen LogP contribution in [0, 0.1) is 0 Å². The van der Waals surface area contributed by atoms with Gasteiger partial charge in [-0.25, -0.2) is 4.79 Å². The number of hydrogen-bond donors (Lipinski definition) is 1. The first-order chi connectivity index (χ1) is 20.7. The molecule has 0 bridgehead atoms. The van der Waals surface area contributed by atoms with E-state index < -0.39 is 36.0 Å². The zero-order valence-corrected chi connectivity index (χ0v) is 24.7. The lowest BCUT2D eigenvalue weighted by atomic mass is 9.98. The van der Waals surface area contributed by atoms with Crippen LogP contribution in [0.1, 0.15) is 29.5 Å². The van der Waals surface area contributed by atoms with Crippen molar-refractivity contribution in [1.29, 1.82) is 0 Å². The highest BCUT2D eigenvalue weighted by Crippen LogP contribution is 2.44. The van der Waals surface area contributed by atoms with Crippen LogP contribution in [0.4, 0.5) is 4.79 Å². The molecule has 0 spiro atoms. The second-order valence-electron chi connectivity index (χ2n) is 10.5. The van der Waals surface area contributed by atoms with E-state index >= 15 is 0 Å². The van der Waals surface area contributed by atoms with Crippen molar-refractivity contribution in [2.24, 2.45) is 0 Å². The van der Waals surface area contributed by atoms with E-state index in [1.54, 1.807) is 6.92 Å². The zero-order chi connectivity index (χ0) is 30.9. The Hall–Kier alpha value is -4.92. The number of hydrogen-bond acceptors (Lipinski definition) is 6. The van der Waals surface area contributed by atoms with Gasteiger partial charge in [-0.05, 0) is 34.7 Å². The van der Waals surface area contributed by atoms with Crippen molar-refractivity contribution in [2.75, 3.05) is 33.9 Å². The van der Waals surface area contributed by atoms with E-state index in [-0.39, 0.29) is 32.1 Å². The minimum absolute atomic E-state index is 0.0335. The van der Waals surface area contributed by atoms with Crippen LogP contribution in [0.5, 0.6) is 0 Å². The van der Waals surface area contributed by atoms with Crippen molar-refractivity contribution in [3.8, 4) is 11.1 Å². The van der Waals surface area contributed by atoms with Crippen LogP contribution in [0.15, 0.2) is 91.5 Å². The van der Waals surface area contributed by atoms with Crippen molar-refractivity contribution in [2.45, 2.75) is 31.3 Å². The predicted octanol–water partition coefficient (Wildman–Crippen LogP) is 4.17. The summed E-state index contributed by atoms with van der Waals surface area (Å²) in [5.41, 5.74) is 5.23. The number of esters is 1. The SMILES string of the molecule is C=CCOC(=O)CN(C)C(=O)[C@@H](Cc1ccccc1)N(C)C(=O)[C@H](C)NC(=O)OCC1c2ccccc2-c2ccccc21. The zero-order valence-electron chi connectivity index (χ0n) is 24.7. The molecule has 0 aliphatic heterocycles. The van der Waals surface area contributed by atoms with Crippen molar-refractivity contribution in [3.63, 3.8) is 0 Å². The summed E-state index contributed by atoms with van der Waals surface area (Å²) < 4.78 is 10.6. The van der Waals surface area contributed by atoms with Gasteiger partial charge in [-0.15, -0.1) is 0 Å². The molecule has 4 rings (SSSR count). The third-order valence-electron chi connectivity index (χ3n) is 7.53. The minimum atomic E-state index is -0.977. The molecule has 0 unspecified atom stereocenters. The molecule has 0 saturated carbocycles. The molecular formula is C34H37N3O6. The van der Waals surface area contributed by atoms with Gasteiger partial charge in [-0.3, -0.25) is 14.4 Å². The molecule has 3 aromatic carbocycles. The molecule has 0 radical (unpaired) electrons. The van der Waals surface area contributed by atoms with Crippen LogP contribution in [-0.2, 0) is 30.3 Å². The molecule has 9 heteroatoms. The number of nitrogens with one attached hydrogen (secondary N) is 1.